The molecule has 3 heterocycles. The summed E-state index contributed by atoms with van der Waals surface area (Å²) in [6, 6.07) is 0. The van der Waals surface area contributed by atoms with Crippen molar-refractivity contribution in [2.24, 2.45) is 7.05 Å². The van der Waals surface area contributed by atoms with Gasteiger partial charge in [-0.25, -0.2) is 0 Å². The van der Waals surface area contributed by atoms with Crippen molar-refractivity contribution in [3.8, 4) is 0 Å². The Morgan fingerprint density at radius 2 is 2.24 bits per heavy atom. The number of rotatable bonds is 2. The maximum absolute atomic E-state index is 5.75. The molecular formula is C11H18N4O2. The first-order valence-corrected chi connectivity index (χ1v) is 6.11. The van der Waals surface area contributed by atoms with E-state index in [1.165, 1.54) is 0 Å². The van der Waals surface area contributed by atoms with Crippen molar-refractivity contribution >= 4 is 0 Å². The molecule has 0 N–H and O–H groups in total. The Morgan fingerprint density at radius 3 is 2.94 bits per heavy atom. The summed E-state index contributed by atoms with van der Waals surface area (Å²) in [5.41, 5.74) is 1.00. The molecule has 0 atom stereocenters. The minimum atomic E-state index is -0.347. The topological polar surface area (TPSA) is 52.4 Å². The molecule has 2 saturated heterocycles. The van der Waals surface area contributed by atoms with Gasteiger partial charge in [-0.15, -0.1) is 5.10 Å². The van der Waals surface area contributed by atoms with Gasteiger partial charge in [0.15, 0.2) is 5.79 Å². The molecule has 2 fully saturated rings. The largest absolute Gasteiger partial charge is 0.346 e. The average Bonchev–Trinajstić information content (AvgIpc) is 2.89. The van der Waals surface area contributed by atoms with Gasteiger partial charge >= 0.3 is 0 Å². The number of aromatic nitrogens is 3. The van der Waals surface area contributed by atoms with Crippen LogP contribution >= 0.6 is 0 Å². The molecule has 0 radical (unpaired) electrons. The van der Waals surface area contributed by atoms with E-state index in [0.29, 0.717) is 0 Å². The quantitative estimate of drug-likeness (QED) is 0.734. The molecule has 0 bridgehead atoms. The molecule has 2 aliphatic heterocycles. The summed E-state index contributed by atoms with van der Waals surface area (Å²) in [5, 5.41) is 8.06. The zero-order valence-electron chi connectivity index (χ0n) is 10.1. The van der Waals surface area contributed by atoms with Crippen LogP contribution in [0.2, 0.25) is 0 Å². The van der Waals surface area contributed by atoms with E-state index in [4.69, 9.17) is 9.47 Å². The van der Waals surface area contributed by atoms with Crippen molar-refractivity contribution in [1.82, 2.24) is 19.9 Å². The molecule has 0 aliphatic carbocycles. The summed E-state index contributed by atoms with van der Waals surface area (Å²) in [6.07, 6.45) is 4.07. The van der Waals surface area contributed by atoms with Crippen LogP contribution in [-0.4, -0.2) is 52.0 Å². The van der Waals surface area contributed by atoms with Crippen molar-refractivity contribution < 1.29 is 9.47 Å². The predicted molar refractivity (Wildman–Crippen MR) is 60.1 cm³/mol. The second kappa shape index (κ2) is 4.36. The summed E-state index contributed by atoms with van der Waals surface area (Å²) in [5.74, 6) is -0.347. The fourth-order valence-electron chi connectivity index (χ4n) is 2.64. The number of piperidine rings is 1. The van der Waals surface area contributed by atoms with Crippen LogP contribution in [0.5, 0.6) is 0 Å². The minimum Gasteiger partial charge on any atom is -0.346 e. The molecule has 94 valence electrons. The van der Waals surface area contributed by atoms with E-state index in [9.17, 15) is 0 Å². The highest BCUT2D eigenvalue weighted by atomic mass is 16.7. The van der Waals surface area contributed by atoms with E-state index < -0.39 is 0 Å². The van der Waals surface area contributed by atoms with Gasteiger partial charge in [0, 0.05) is 26.2 Å². The van der Waals surface area contributed by atoms with Gasteiger partial charge in [0.1, 0.15) is 0 Å². The van der Waals surface area contributed by atoms with Gasteiger partial charge in [-0.05, 0) is 13.0 Å². The van der Waals surface area contributed by atoms with E-state index in [0.717, 1.165) is 51.4 Å². The molecule has 0 unspecified atom stereocenters. The minimum absolute atomic E-state index is 0.347. The zero-order chi connectivity index (χ0) is 11.7. The van der Waals surface area contributed by atoms with Gasteiger partial charge in [0.05, 0.1) is 25.5 Å². The summed E-state index contributed by atoms with van der Waals surface area (Å²) in [7, 11) is 1.89. The normalized spacial score (nSPS) is 24.5. The molecule has 1 aromatic rings. The van der Waals surface area contributed by atoms with E-state index in [2.05, 4.69) is 15.2 Å². The lowest BCUT2D eigenvalue weighted by molar-refractivity contribution is -0.190. The van der Waals surface area contributed by atoms with Crippen molar-refractivity contribution in [1.29, 1.82) is 0 Å². The van der Waals surface area contributed by atoms with Crippen LogP contribution in [0.4, 0.5) is 0 Å². The Bertz CT molecular complexity index is 387. The Morgan fingerprint density at radius 1 is 1.41 bits per heavy atom. The first kappa shape index (κ1) is 11.1. The summed E-state index contributed by atoms with van der Waals surface area (Å²) >= 11 is 0. The monoisotopic (exact) mass is 238 g/mol. The highest BCUT2D eigenvalue weighted by Gasteiger charge is 2.40. The van der Waals surface area contributed by atoms with E-state index in [1.54, 1.807) is 4.68 Å². The van der Waals surface area contributed by atoms with Crippen molar-refractivity contribution in [2.45, 2.75) is 25.2 Å². The lowest BCUT2D eigenvalue weighted by Crippen LogP contribution is -2.48. The SMILES string of the molecule is Cn1cc(CN2CCCC3(C2)OCCO3)nn1. The maximum atomic E-state index is 5.75. The Balaban J connectivity index is 1.64. The number of hydrogen-bond donors (Lipinski definition) is 0. The van der Waals surface area contributed by atoms with Gasteiger partial charge in [0.25, 0.3) is 0 Å². The second-order valence-electron chi connectivity index (χ2n) is 4.81. The highest BCUT2D eigenvalue weighted by Crippen LogP contribution is 2.30. The third-order valence-corrected chi connectivity index (χ3v) is 3.35. The van der Waals surface area contributed by atoms with Gasteiger partial charge < -0.3 is 9.47 Å². The van der Waals surface area contributed by atoms with Crippen LogP contribution in [-0.2, 0) is 23.1 Å². The zero-order valence-corrected chi connectivity index (χ0v) is 10.1. The van der Waals surface area contributed by atoms with Crippen LogP contribution in [0.25, 0.3) is 0 Å². The first-order valence-electron chi connectivity index (χ1n) is 6.11. The van der Waals surface area contributed by atoms with Gasteiger partial charge in [-0.1, -0.05) is 5.21 Å². The van der Waals surface area contributed by atoms with Gasteiger partial charge in [0.2, 0.25) is 0 Å². The molecule has 0 amide bonds. The fourth-order valence-corrected chi connectivity index (χ4v) is 2.64. The number of likely N-dealkylation sites (tertiary alicyclic amines) is 1. The molecule has 2 aliphatic rings. The molecule has 1 aromatic heterocycles. The lowest BCUT2D eigenvalue weighted by atomic mass is 10.0. The van der Waals surface area contributed by atoms with Gasteiger partial charge in [-0.3, -0.25) is 9.58 Å². The Hall–Kier alpha value is -0.980. The van der Waals surface area contributed by atoms with Crippen LogP contribution in [0, 0.1) is 0 Å². The molecule has 3 rings (SSSR count). The lowest BCUT2D eigenvalue weighted by Gasteiger charge is -2.38. The molecule has 6 nitrogen and oxygen atoms in total. The van der Waals surface area contributed by atoms with E-state index in [-0.39, 0.29) is 5.79 Å². The average molecular weight is 238 g/mol. The van der Waals surface area contributed by atoms with Crippen molar-refractivity contribution in [3.05, 3.63) is 11.9 Å². The molecule has 6 heteroatoms. The maximum Gasteiger partial charge on any atom is 0.181 e. The number of hydrogen-bond acceptors (Lipinski definition) is 5. The molecular weight excluding hydrogens is 220 g/mol. The van der Waals surface area contributed by atoms with Crippen LogP contribution in [0.3, 0.4) is 0 Å². The van der Waals surface area contributed by atoms with Crippen LogP contribution in [0.15, 0.2) is 6.20 Å². The summed E-state index contributed by atoms with van der Waals surface area (Å²) in [4.78, 5) is 2.33. The fraction of sp³-hybridized carbons (Fsp3) is 0.818. The Labute approximate surface area is 100 Å². The van der Waals surface area contributed by atoms with Gasteiger partial charge in [-0.2, -0.15) is 0 Å². The summed E-state index contributed by atoms with van der Waals surface area (Å²) < 4.78 is 13.2. The third kappa shape index (κ3) is 2.34. The summed E-state index contributed by atoms with van der Waals surface area (Å²) in [6.45, 7) is 4.18. The predicted octanol–water partition coefficient (Wildman–Crippen LogP) is 0.154. The second-order valence-corrected chi connectivity index (χ2v) is 4.81. The molecule has 0 saturated carbocycles. The Kier molecular flexibility index (Phi) is 2.85. The smallest absolute Gasteiger partial charge is 0.181 e. The van der Waals surface area contributed by atoms with Crippen LogP contribution < -0.4 is 0 Å². The molecule has 1 spiro atoms. The molecule has 17 heavy (non-hydrogen) atoms. The number of ether oxygens (including phenoxy) is 2. The van der Waals surface area contributed by atoms with E-state index in [1.807, 2.05) is 13.2 Å². The van der Waals surface area contributed by atoms with Crippen molar-refractivity contribution in [3.63, 3.8) is 0 Å². The van der Waals surface area contributed by atoms with Crippen LogP contribution in [0.1, 0.15) is 18.5 Å². The van der Waals surface area contributed by atoms with E-state index >= 15 is 0 Å². The number of aryl methyl sites for hydroxylation is 1. The highest BCUT2D eigenvalue weighted by molar-refractivity contribution is 4.94. The number of nitrogens with zero attached hydrogens (tertiary/aromatic N) is 4. The third-order valence-electron chi connectivity index (χ3n) is 3.35. The first-order chi connectivity index (χ1) is 8.26. The van der Waals surface area contributed by atoms with Crippen molar-refractivity contribution in [2.75, 3.05) is 26.3 Å². The standard InChI is InChI=1S/C11H18N4O2/c1-14-7-10(12-13-14)8-15-4-2-3-11(9-15)16-5-6-17-11/h7H,2-6,8-9H2,1H3. The molecule has 0 aromatic carbocycles.